The van der Waals surface area contributed by atoms with E-state index in [1.54, 1.807) is 18.9 Å². The lowest BCUT2D eigenvalue weighted by Gasteiger charge is -2.11. The van der Waals surface area contributed by atoms with Crippen molar-refractivity contribution in [3.63, 3.8) is 0 Å². The van der Waals surface area contributed by atoms with Gasteiger partial charge in [-0.15, -0.1) is 0 Å². The topological polar surface area (TPSA) is 67.6 Å². The largest absolute Gasteiger partial charge is 0.497 e. The third-order valence-corrected chi connectivity index (χ3v) is 4.06. The number of ether oxygens (including phenoxy) is 4. The summed E-state index contributed by atoms with van der Waals surface area (Å²) in [4.78, 5) is 4.39. The number of benzene rings is 2. The number of methoxy groups -OCH3 is 2. The molecule has 0 saturated heterocycles. The lowest BCUT2D eigenvalue weighted by molar-refractivity contribution is 0.174. The molecule has 0 spiro atoms. The van der Waals surface area contributed by atoms with Gasteiger partial charge < -0.3 is 18.9 Å². The van der Waals surface area contributed by atoms with E-state index in [0.717, 1.165) is 34.3 Å². The molecule has 1 aromatic heterocycles. The number of rotatable bonds is 5. The van der Waals surface area contributed by atoms with Crippen molar-refractivity contribution < 1.29 is 18.9 Å². The highest BCUT2D eigenvalue weighted by atomic mass is 16.7. The summed E-state index contributed by atoms with van der Waals surface area (Å²) >= 11 is 0. The zero-order valence-corrected chi connectivity index (χ0v) is 13.9. The maximum absolute atomic E-state index is 5.47. The maximum Gasteiger partial charge on any atom is 0.231 e. The van der Waals surface area contributed by atoms with Crippen LogP contribution >= 0.6 is 0 Å². The Hall–Kier alpha value is -3.22. The monoisotopic (exact) mass is 339 g/mol. The number of nitrogens with zero attached hydrogens (tertiary/aromatic N) is 3. The average Bonchev–Trinajstić information content (AvgIpc) is 3.30. The van der Waals surface area contributed by atoms with Crippen molar-refractivity contribution in [1.82, 2.24) is 14.8 Å². The van der Waals surface area contributed by atoms with Crippen LogP contribution in [0.1, 0.15) is 11.4 Å². The van der Waals surface area contributed by atoms with E-state index >= 15 is 0 Å². The Labute approximate surface area is 144 Å². The van der Waals surface area contributed by atoms with Gasteiger partial charge in [0.25, 0.3) is 0 Å². The summed E-state index contributed by atoms with van der Waals surface area (Å²) in [5, 5.41) is 4.34. The molecule has 1 aliphatic heterocycles. The van der Waals surface area contributed by atoms with E-state index in [1.807, 2.05) is 36.4 Å². The molecule has 2 heterocycles. The molecule has 0 saturated carbocycles. The fraction of sp³-hybridized carbons (Fsp3) is 0.222. The molecule has 3 aromatic rings. The molecular weight excluding hydrogens is 322 g/mol. The van der Waals surface area contributed by atoms with E-state index in [4.69, 9.17) is 18.9 Å². The zero-order chi connectivity index (χ0) is 17.2. The molecule has 0 radical (unpaired) electrons. The van der Waals surface area contributed by atoms with Crippen LogP contribution in [0.2, 0.25) is 0 Å². The molecule has 4 rings (SSSR count). The summed E-state index contributed by atoms with van der Waals surface area (Å²) < 4.78 is 23.3. The smallest absolute Gasteiger partial charge is 0.231 e. The standard InChI is InChI=1S/C18H17N3O4/c1-22-14-5-3-12(16(9-14)23-2)7-18-19-10-20-21(18)13-4-6-15-17(8-13)25-11-24-15/h3-6,8-10H,7,11H2,1-2H3. The van der Waals surface area contributed by atoms with Crippen LogP contribution in [-0.2, 0) is 6.42 Å². The zero-order valence-electron chi connectivity index (χ0n) is 13.9. The summed E-state index contributed by atoms with van der Waals surface area (Å²) in [6, 6.07) is 11.4. The fourth-order valence-corrected chi connectivity index (χ4v) is 2.79. The van der Waals surface area contributed by atoms with E-state index in [0.29, 0.717) is 12.2 Å². The Morgan fingerprint density at radius 3 is 2.76 bits per heavy atom. The maximum atomic E-state index is 5.47. The minimum atomic E-state index is 0.242. The molecular formula is C18H17N3O4. The molecule has 0 aliphatic carbocycles. The van der Waals surface area contributed by atoms with Gasteiger partial charge in [-0.05, 0) is 18.2 Å². The molecule has 0 unspecified atom stereocenters. The van der Waals surface area contributed by atoms with Gasteiger partial charge in [-0.3, -0.25) is 0 Å². The number of hydrogen-bond donors (Lipinski definition) is 0. The Morgan fingerprint density at radius 2 is 1.92 bits per heavy atom. The van der Waals surface area contributed by atoms with Gasteiger partial charge in [0.2, 0.25) is 6.79 Å². The summed E-state index contributed by atoms with van der Waals surface area (Å²) in [5.74, 6) is 3.74. The molecule has 2 aromatic carbocycles. The lowest BCUT2D eigenvalue weighted by atomic mass is 10.1. The first-order valence-corrected chi connectivity index (χ1v) is 7.78. The van der Waals surface area contributed by atoms with Crippen LogP contribution in [0.5, 0.6) is 23.0 Å². The van der Waals surface area contributed by atoms with E-state index in [1.165, 1.54) is 6.33 Å². The molecule has 1 aliphatic rings. The quantitative estimate of drug-likeness (QED) is 0.712. The van der Waals surface area contributed by atoms with Crippen molar-refractivity contribution in [2.24, 2.45) is 0 Å². The van der Waals surface area contributed by atoms with Crippen LogP contribution < -0.4 is 18.9 Å². The Bertz CT molecular complexity index is 907. The molecule has 0 fully saturated rings. The summed E-state index contributed by atoms with van der Waals surface area (Å²) in [5.41, 5.74) is 1.86. The molecule has 7 nitrogen and oxygen atoms in total. The molecule has 7 heteroatoms. The van der Waals surface area contributed by atoms with E-state index in [2.05, 4.69) is 10.1 Å². The average molecular weight is 339 g/mol. The van der Waals surface area contributed by atoms with Crippen LogP contribution in [0.25, 0.3) is 5.69 Å². The minimum Gasteiger partial charge on any atom is -0.497 e. The van der Waals surface area contributed by atoms with Crippen molar-refractivity contribution in [3.05, 3.63) is 54.1 Å². The van der Waals surface area contributed by atoms with Crippen LogP contribution in [0.15, 0.2) is 42.7 Å². The highest BCUT2D eigenvalue weighted by Crippen LogP contribution is 2.34. The highest BCUT2D eigenvalue weighted by molar-refractivity contribution is 5.50. The van der Waals surface area contributed by atoms with E-state index in [-0.39, 0.29) is 6.79 Å². The number of fused-ring (bicyclic) bond motifs is 1. The lowest BCUT2D eigenvalue weighted by Crippen LogP contribution is -2.05. The van der Waals surface area contributed by atoms with Gasteiger partial charge in [0.1, 0.15) is 23.7 Å². The van der Waals surface area contributed by atoms with Crippen molar-refractivity contribution in [1.29, 1.82) is 0 Å². The molecule has 0 bridgehead atoms. The van der Waals surface area contributed by atoms with E-state index < -0.39 is 0 Å². The van der Waals surface area contributed by atoms with E-state index in [9.17, 15) is 0 Å². The number of hydrogen-bond acceptors (Lipinski definition) is 6. The Kier molecular flexibility index (Phi) is 3.89. The molecule has 25 heavy (non-hydrogen) atoms. The van der Waals surface area contributed by atoms with Gasteiger partial charge in [0, 0.05) is 24.1 Å². The first-order chi connectivity index (χ1) is 12.3. The van der Waals surface area contributed by atoms with Gasteiger partial charge in [-0.2, -0.15) is 5.10 Å². The molecule has 0 amide bonds. The SMILES string of the molecule is COc1ccc(Cc2ncnn2-c2ccc3c(c2)OCO3)c(OC)c1. The highest BCUT2D eigenvalue weighted by Gasteiger charge is 2.17. The van der Waals surface area contributed by atoms with Crippen LogP contribution in [0, 0.1) is 0 Å². The second kappa shape index (κ2) is 6.35. The molecule has 0 N–H and O–H groups in total. The van der Waals surface area contributed by atoms with Gasteiger partial charge in [0.05, 0.1) is 19.9 Å². The van der Waals surface area contributed by atoms with Gasteiger partial charge >= 0.3 is 0 Å². The van der Waals surface area contributed by atoms with Crippen LogP contribution in [0.3, 0.4) is 0 Å². The van der Waals surface area contributed by atoms with Crippen molar-refractivity contribution in [2.75, 3.05) is 21.0 Å². The van der Waals surface area contributed by atoms with Crippen molar-refractivity contribution in [2.45, 2.75) is 6.42 Å². The fourth-order valence-electron chi connectivity index (χ4n) is 2.79. The van der Waals surface area contributed by atoms with Crippen molar-refractivity contribution >= 4 is 0 Å². The Balaban J connectivity index is 1.66. The summed E-state index contributed by atoms with van der Waals surface area (Å²) in [6.45, 7) is 0.242. The summed E-state index contributed by atoms with van der Waals surface area (Å²) in [6.07, 6.45) is 2.11. The van der Waals surface area contributed by atoms with Gasteiger partial charge in [0.15, 0.2) is 11.5 Å². The predicted octanol–water partition coefficient (Wildman–Crippen LogP) is 2.60. The molecule has 0 atom stereocenters. The second-order valence-corrected chi connectivity index (χ2v) is 5.48. The van der Waals surface area contributed by atoms with Gasteiger partial charge in [-0.25, -0.2) is 9.67 Å². The summed E-state index contributed by atoms with van der Waals surface area (Å²) in [7, 11) is 3.27. The first kappa shape index (κ1) is 15.3. The third-order valence-electron chi connectivity index (χ3n) is 4.06. The third kappa shape index (κ3) is 2.84. The first-order valence-electron chi connectivity index (χ1n) is 7.78. The normalized spacial score (nSPS) is 12.2. The minimum absolute atomic E-state index is 0.242. The predicted molar refractivity (Wildman–Crippen MR) is 89.8 cm³/mol. The molecule has 128 valence electrons. The Morgan fingerprint density at radius 1 is 1.04 bits per heavy atom. The van der Waals surface area contributed by atoms with Crippen molar-refractivity contribution in [3.8, 4) is 28.7 Å². The second-order valence-electron chi connectivity index (χ2n) is 5.48. The van der Waals surface area contributed by atoms with Crippen LogP contribution in [-0.4, -0.2) is 35.8 Å². The van der Waals surface area contributed by atoms with Crippen LogP contribution in [0.4, 0.5) is 0 Å². The van der Waals surface area contributed by atoms with Gasteiger partial charge in [-0.1, -0.05) is 6.07 Å². The number of aromatic nitrogens is 3.